The molecule has 2 atom stereocenters. The van der Waals surface area contributed by atoms with Crippen LogP contribution in [0.3, 0.4) is 0 Å². The van der Waals surface area contributed by atoms with Crippen LogP contribution in [0.2, 0.25) is 0 Å². The number of carbonyl (C=O) groups is 3. The molecule has 19 heteroatoms. The molecule has 1 aromatic rings. The van der Waals surface area contributed by atoms with E-state index >= 15 is 0 Å². The molecular weight excluding hydrogens is 837 g/mol. The van der Waals surface area contributed by atoms with Crippen molar-refractivity contribution in [3.05, 3.63) is 39.3 Å². The maximum atomic E-state index is 14.2. The lowest BCUT2D eigenvalue weighted by atomic mass is 10.0. The number of quaternary nitrogens is 1. The van der Waals surface area contributed by atoms with Crippen LogP contribution in [0.1, 0.15) is 171 Å². The van der Waals surface area contributed by atoms with Gasteiger partial charge in [0.15, 0.2) is 29.4 Å². The highest BCUT2D eigenvalue weighted by atomic mass is 31.2. The molecule has 0 aliphatic heterocycles. The molecule has 0 aliphatic rings. The van der Waals surface area contributed by atoms with Crippen LogP contribution >= 0.6 is 7.82 Å². The van der Waals surface area contributed by atoms with Crippen molar-refractivity contribution < 1.29 is 64.4 Å². The summed E-state index contributed by atoms with van der Waals surface area (Å²) in [5.74, 6) is -10.2. The van der Waals surface area contributed by atoms with Gasteiger partial charge >= 0.3 is 11.9 Å². The van der Waals surface area contributed by atoms with Crippen molar-refractivity contribution in [2.75, 3.05) is 54.1 Å². The quantitative estimate of drug-likeness (QED) is 0.00774. The fraction of sp³-hybridized carbons (Fsp3) is 0.791. The summed E-state index contributed by atoms with van der Waals surface area (Å²) in [6, 6.07) is 0. The standard InChI is InChI=1S/C43H72F4N5O9P/c1-5-6-7-8-9-10-11-12-13-15-18-21-24-27-35(53)58-32-34(33-60-62(56,57)59-31-30-52(2,3)4)61-36(54)28-25-22-19-16-14-17-20-23-26-29-49-43(55)37-38(44)40(46)42(50-51-48)41(47)39(37)45/h34H,5-33H2,1-4H3,(H-,49,55,56,57). The molecule has 0 aromatic heterocycles. The lowest BCUT2D eigenvalue weighted by Crippen LogP contribution is -2.37. The van der Waals surface area contributed by atoms with Crippen LogP contribution in [0.15, 0.2) is 5.11 Å². The van der Waals surface area contributed by atoms with Gasteiger partial charge in [-0.05, 0) is 24.8 Å². The summed E-state index contributed by atoms with van der Waals surface area (Å²) in [6.45, 7) is 1.66. The normalized spacial score (nSPS) is 13.0. The number of nitrogens with zero attached hydrogens (tertiary/aromatic N) is 4. The van der Waals surface area contributed by atoms with Crippen LogP contribution in [-0.2, 0) is 32.7 Å². The number of rotatable bonds is 38. The number of nitrogens with one attached hydrogen (secondary N) is 1. The van der Waals surface area contributed by atoms with Gasteiger partial charge < -0.3 is 33.2 Å². The molecule has 62 heavy (non-hydrogen) atoms. The zero-order chi connectivity index (χ0) is 46.2. The molecule has 1 rings (SSSR count). The Morgan fingerprint density at radius 1 is 0.694 bits per heavy atom. The van der Waals surface area contributed by atoms with Gasteiger partial charge in [-0.3, -0.25) is 18.9 Å². The Bertz CT molecular complexity index is 1540. The highest BCUT2D eigenvalue weighted by Crippen LogP contribution is 2.38. The molecular formula is C43H72F4N5O9P. The third-order valence-corrected chi connectivity index (χ3v) is 11.1. The number of phosphoric ester groups is 1. The minimum absolute atomic E-state index is 0.0188. The first kappa shape index (κ1) is 56.7. The monoisotopic (exact) mass is 910 g/mol. The van der Waals surface area contributed by atoms with Crippen LogP contribution < -0.4 is 10.2 Å². The van der Waals surface area contributed by atoms with Crippen LogP contribution in [-0.4, -0.2) is 82.5 Å². The second-order valence-corrected chi connectivity index (χ2v) is 18.1. The molecule has 0 aliphatic carbocycles. The van der Waals surface area contributed by atoms with E-state index in [0.717, 1.165) is 57.8 Å². The van der Waals surface area contributed by atoms with E-state index in [0.29, 0.717) is 36.7 Å². The SMILES string of the molecule is CCCCCCCCCCCCCCCC(=O)OCC(COP(=O)([O-])OCC[N+](C)(C)C)OC(=O)CCCCCCCCCCCNC(=O)c1c(F)c(F)c(N=[N+]=[N-])c(F)c1F. The number of likely N-dealkylation sites (N-methyl/N-ethyl adjacent to an activating group) is 1. The number of unbranched alkanes of at least 4 members (excludes halogenated alkanes) is 20. The van der Waals surface area contributed by atoms with Crippen molar-refractivity contribution in [2.45, 2.75) is 167 Å². The Morgan fingerprint density at radius 2 is 1.15 bits per heavy atom. The van der Waals surface area contributed by atoms with Crippen molar-refractivity contribution in [1.82, 2.24) is 5.32 Å². The van der Waals surface area contributed by atoms with Gasteiger partial charge in [0, 0.05) is 24.3 Å². The minimum atomic E-state index is -4.71. The molecule has 356 valence electrons. The van der Waals surface area contributed by atoms with E-state index in [9.17, 15) is 41.4 Å². The van der Waals surface area contributed by atoms with Crippen LogP contribution in [0, 0.1) is 23.3 Å². The summed E-state index contributed by atoms with van der Waals surface area (Å²) in [5.41, 5.74) is 5.41. The Balaban J connectivity index is 2.35. The molecule has 1 aromatic carbocycles. The molecule has 0 heterocycles. The summed E-state index contributed by atoms with van der Waals surface area (Å²) in [7, 11) is 0.942. The summed E-state index contributed by atoms with van der Waals surface area (Å²) in [5, 5.41) is 4.83. The Kier molecular flexibility index (Phi) is 30.5. The van der Waals surface area contributed by atoms with E-state index in [2.05, 4.69) is 22.3 Å². The van der Waals surface area contributed by atoms with Gasteiger partial charge in [0.1, 0.15) is 31.0 Å². The average molecular weight is 910 g/mol. The van der Waals surface area contributed by atoms with E-state index < -0.39 is 72.9 Å². The number of ether oxygens (including phenoxy) is 2. The lowest BCUT2D eigenvalue weighted by molar-refractivity contribution is -0.870. The number of amides is 1. The van der Waals surface area contributed by atoms with E-state index in [1.165, 1.54) is 57.8 Å². The number of hydrogen-bond donors (Lipinski definition) is 1. The predicted octanol–water partition coefficient (Wildman–Crippen LogP) is 11.0. The summed E-state index contributed by atoms with van der Waals surface area (Å²) >= 11 is 0. The smallest absolute Gasteiger partial charge is 0.306 e. The number of halogens is 4. The van der Waals surface area contributed by atoms with Crippen LogP contribution in [0.5, 0.6) is 0 Å². The van der Waals surface area contributed by atoms with Gasteiger partial charge in [-0.15, -0.1) is 0 Å². The molecule has 0 bridgehead atoms. The summed E-state index contributed by atoms with van der Waals surface area (Å²) < 4.78 is 89.9. The van der Waals surface area contributed by atoms with Gasteiger partial charge in [0.05, 0.1) is 27.7 Å². The summed E-state index contributed by atoms with van der Waals surface area (Å²) in [6.07, 6.45) is 21.2. The molecule has 0 radical (unpaired) electrons. The Morgan fingerprint density at radius 3 is 1.61 bits per heavy atom. The highest BCUT2D eigenvalue weighted by molar-refractivity contribution is 7.45. The third kappa shape index (κ3) is 27.0. The molecule has 1 N–H and O–H groups in total. The van der Waals surface area contributed by atoms with Gasteiger partial charge in [0.25, 0.3) is 13.7 Å². The molecule has 0 saturated heterocycles. The topological polar surface area (TPSA) is 189 Å². The molecule has 0 fully saturated rings. The molecule has 1 amide bonds. The maximum absolute atomic E-state index is 14.2. The van der Waals surface area contributed by atoms with Crippen LogP contribution in [0.4, 0.5) is 23.2 Å². The van der Waals surface area contributed by atoms with Gasteiger partial charge in [-0.1, -0.05) is 134 Å². The molecule has 14 nitrogen and oxygen atoms in total. The van der Waals surface area contributed by atoms with Crippen molar-refractivity contribution in [2.24, 2.45) is 5.11 Å². The minimum Gasteiger partial charge on any atom is -0.756 e. The Hall–Kier alpha value is -3.27. The van der Waals surface area contributed by atoms with Crippen molar-refractivity contribution >= 4 is 31.4 Å². The molecule has 2 unspecified atom stereocenters. The lowest BCUT2D eigenvalue weighted by Gasteiger charge is -2.28. The van der Waals surface area contributed by atoms with E-state index in [-0.39, 0.29) is 32.6 Å². The first-order valence-corrected chi connectivity index (χ1v) is 23.9. The number of phosphoric acid groups is 1. The van der Waals surface area contributed by atoms with Gasteiger partial charge in [0.2, 0.25) is 0 Å². The molecule has 0 spiro atoms. The maximum Gasteiger partial charge on any atom is 0.306 e. The van der Waals surface area contributed by atoms with Crippen molar-refractivity contribution in [3.8, 4) is 0 Å². The largest absolute Gasteiger partial charge is 0.756 e. The van der Waals surface area contributed by atoms with Gasteiger partial charge in [-0.25, -0.2) is 17.6 Å². The van der Waals surface area contributed by atoms with Gasteiger partial charge in [-0.2, -0.15) is 0 Å². The zero-order valence-electron chi connectivity index (χ0n) is 37.5. The third-order valence-electron chi connectivity index (χ3n) is 10.1. The number of azide groups is 1. The number of hydrogen-bond acceptors (Lipinski definition) is 10. The second-order valence-electron chi connectivity index (χ2n) is 16.7. The molecule has 0 saturated carbocycles. The average Bonchev–Trinajstić information content (AvgIpc) is 3.21. The van der Waals surface area contributed by atoms with Crippen molar-refractivity contribution in [1.29, 1.82) is 0 Å². The Labute approximate surface area is 366 Å². The van der Waals surface area contributed by atoms with E-state index in [4.69, 9.17) is 24.1 Å². The zero-order valence-corrected chi connectivity index (χ0v) is 38.4. The highest BCUT2D eigenvalue weighted by Gasteiger charge is 2.29. The number of esters is 2. The summed E-state index contributed by atoms with van der Waals surface area (Å²) in [4.78, 5) is 51.8. The number of carbonyl (C=O) groups excluding carboxylic acids is 3. The van der Waals surface area contributed by atoms with E-state index in [1.54, 1.807) is 0 Å². The van der Waals surface area contributed by atoms with Crippen molar-refractivity contribution in [3.63, 3.8) is 0 Å². The predicted molar refractivity (Wildman–Crippen MR) is 227 cm³/mol. The fourth-order valence-electron chi connectivity index (χ4n) is 6.42. The van der Waals surface area contributed by atoms with Crippen LogP contribution in [0.25, 0.3) is 10.4 Å². The first-order chi connectivity index (χ1) is 29.5. The fourth-order valence-corrected chi connectivity index (χ4v) is 7.15. The second kappa shape index (κ2) is 33.3. The number of benzene rings is 1. The van der Waals surface area contributed by atoms with E-state index in [1.807, 2.05) is 21.1 Å². The first-order valence-electron chi connectivity index (χ1n) is 22.5.